The van der Waals surface area contributed by atoms with E-state index in [0.29, 0.717) is 30.2 Å². The number of rotatable bonds is 4. The van der Waals surface area contributed by atoms with Crippen LogP contribution in [0.1, 0.15) is 12.8 Å². The normalized spacial score (nSPS) is 18.6. The van der Waals surface area contributed by atoms with Gasteiger partial charge < -0.3 is 14.7 Å². The van der Waals surface area contributed by atoms with E-state index in [1.165, 1.54) is 0 Å². The molecular formula is C14H16ClNO4. The lowest BCUT2D eigenvalue weighted by Crippen LogP contribution is -2.44. The maximum Gasteiger partial charge on any atom is 0.308 e. The van der Waals surface area contributed by atoms with Crippen molar-refractivity contribution in [1.29, 1.82) is 0 Å². The van der Waals surface area contributed by atoms with Gasteiger partial charge in [-0.15, -0.1) is 0 Å². The van der Waals surface area contributed by atoms with Crippen molar-refractivity contribution in [3.05, 3.63) is 29.3 Å². The van der Waals surface area contributed by atoms with Crippen LogP contribution >= 0.6 is 11.6 Å². The summed E-state index contributed by atoms with van der Waals surface area (Å²) in [5.74, 6) is -0.940. The first-order valence-corrected chi connectivity index (χ1v) is 6.83. The third kappa shape index (κ3) is 3.87. The van der Waals surface area contributed by atoms with Crippen molar-refractivity contribution < 1.29 is 19.4 Å². The number of carbonyl (C=O) groups excluding carboxylic acids is 1. The van der Waals surface area contributed by atoms with Crippen LogP contribution in [0.15, 0.2) is 24.3 Å². The van der Waals surface area contributed by atoms with Gasteiger partial charge in [0.25, 0.3) is 5.91 Å². The minimum atomic E-state index is -0.846. The summed E-state index contributed by atoms with van der Waals surface area (Å²) in [5.41, 5.74) is 0. The first-order valence-electron chi connectivity index (χ1n) is 6.45. The number of hydrogen-bond donors (Lipinski definition) is 1. The van der Waals surface area contributed by atoms with E-state index in [0.717, 1.165) is 0 Å². The molecule has 0 saturated carbocycles. The molecule has 1 aromatic rings. The molecule has 1 aliphatic heterocycles. The van der Waals surface area contributed by atoms with Crippen molar-refractivity contribution in [2.45, 2.75) is 12.8 Å². The Morgan fingerprint density at radius 1 is 1.35 bits per heavy atom. The average Bonchev–Trinajstić information content (AvgIpc) is 2.46. The molecule has 1 unspecified atom stereocenters. The maximum atomic E-state index is 12.0. The summed E-state index contributed by atoms with van der Waals surface area (Å²) >= 11 is 5.76. The van der Waals surface area contributed by atoms with Crippen LogP contribution in [0.4, 0.5) is 0 Å². The van der Waals surface area contributed by atoms with Gasteiger partial charge >= 0.3 is 5.97 Å². The summed E-state index contributed by atoms with van der Waals surface area (Å²) in [5, 5.41) is 9.59. The fraction of sp³-hybridized carbons (Fsp3) is 0.429. The molecule has 1 saturated heterocycles. The van der Waals surface area contributed by atoms with E-state index in [9.17, 15) is 9.59 Å². The van der Waals surface area contributed by atoms with Crippen LogP contribution in [0, 0.1) is 5.92 Å². The molecule has 0 aliphatic carbocycles. The fourth-order valence-corrected chi connectivity index (χ4v) is 2.30. The number of carboxylic acid groups (broad SMARTS) is 1. The zero-order valence-electron chi connectivity index (χ0n) is 10.9. The van der Waals surface area contributed by atoms with Gasteiger partial charge in [0, 0.05) is 18.1 Å². The highest BCUT2D eigenvalue weighted by Crippen LogP contribution is 2.18. The fourth-order valence-electron chi connectivity index (χ4n) is 2.17. The van der Waals surface area contributed by atoms with Crippen LogP contribution in [0.25, 0.3) is 0 Å². The van der Waals surface area contributed by atoms with Gasteiger partial charge in [-0.25, -0.2) is 0 Å². The number of ether oxygens (including phenoxy) is 1. The number of carboxylic acids is 1. The highest BCUT2D eigenvalue weighted by Gasteiger charge is 2.28. The van der Waals surface area contributed by atoms with Gasteiger partial charge in [-0.1, -0.05) is 11.6 Å². The predicted octanol–water partition coefficient (Wildman–Crippen LogP) is 2.04. The Hall–Kier alpha value is -1.75. The second-order valence-corrected chi connectivity index (χ2v) is 5.20. The molecule has 1 aliphatic rings. The Labute approximate surface area is 122 Å². The number of halogens is 1. The molecule has 1 aromatic carbocycles. The average molecular weight is 298 g/mol. The molecule has 20 heavy (non-hydrogen) atoms. The molecule has 1 amide bonds. The van der Waals surface area contributed by atoms with Crippen LogP contribution in [0.3, 0.4) is 0 Å². The number of amides is 1. The summed E-state index contributed by atoms with van der Waals surface area (Å²) in [6, 6.07) is 6.74. The molecule has 6 heteroatoms. The molecule has 0 aromatic heterocycles. The van der Waals surface area contributed by atoms with Gasteiger partial charge in [-0.05, 0) is 37.1 Å². The van der Waals surface area contributed by atoms with Gasteiger partial charge in [-0.2, -0.15) is 0 Å². The summed E-state index contributed by atoms with van der Waals surface area (Å²) in [6.07, 6.45) is 1.33. The third-order valence-corrected chi connectivity index (χ3v) is 3.55. The van der Waals surface area contributed by atoms with E-state index in [-0.39, 0.29) is 19.1 Å². The van der Waals surface area contributed by atoms with Gasteiger partial charge in [0.2, 0.25) is 0 Å². The van der Waals surface area contributed by atoms with Gasteiger partial charge in [-0.3, -0.25) is 9.59 Å². The van der Waals surface area contributed by atoms with Gasteiger partial charge in [0.15, 0.2) is 6.61 Å². The lowest BCUT2D eigenvalue weighted by atomic mass is 9.98. The number of aliphatic carboxylic acids is 1. The summed E-state index contributed by atoms with van der Waals surface area (Å²) < 4.78 is 5.37. The Balaban J connectivity index is 1.85. The number of likely N-dealkylation sites (tertiary alicyclic amines) is 1. The van der Waals surface area contributed by atoms with Crippen molar-refractivity contribution in [2.75, 3.05) is 19.7 Å². The monoisotopic (exact) mass is 297 g/mol. The molecule has 2 rings (SSSR count). The predicted molar refractivity (Wildman–Crippen MR) is 73.9 cm³/mol. The van der Waals surface area contributed by atoms with E-state index >= 15 is 0 Å². The minimum absolute atomic E-state index is 0.0893. The summed E-state index contributed by atoms with van der Waals surface area (Å²) in [6.45, 7) is 0.763. The van der Waals surface area contributed by atoms with Crippen molar-refractivity contribution in [3.63, 3.8) is 0 Å². The highest BCUT2D eigenvalue weighted by atomic mass is 35.5. The van der Waals surface area contributed by atoms with E-state index in [4.69, 9.17) is 21.4 Å². The minimum Gasteiger partial charge on any atom is -0.484 e. The van der Waals surface area contributed by atoms with Gasteiger partial charge in [0.05, 0.1) is 5.92 Å². The number of carbonyl (C=O) groups is 2. The topological polar surface area (TPSA) is 66.8 Å². The van der Waals surface area contributed by atoms with Gasteiger partial charge in [0.1, 0.15) is 5.75 Å². The zero-order chi connectivity index (χ0) is 14.5. The first kappa shape index (κ1) is 14.7. The molecule has 5 nitrogen and oxygen atoms in total. The Bertz CT molecular complexity index is 488. The molecule has 1 atom stereocenters. The van der Waals surface area contributed by atoms with Crippen LogP contribution in [0.2, 0.25) is 5.02 Å². The quantitative estimate of drug-likeness (QED) is 0.923. The Morgan fingerprint density at radius 2 is 2.05 bits per heavy atom. The number of nitrogens with zero attached hydrogens (tertiary/aromatic N) is 1. The van der Waals surface area contributed by atoms with Crippen LogP contribution in [-0.2, 0) is 9.59 Å². The summed E-state index contributed by atoms with van der Waals surface area (Å²) in [4.78, 5) is 24.5. The Morgan fingerprint density at radius 3 is 2.70 bits per heavy atom. The summed E-state index contributed by atoms with van der Waals surface area (Å²) in [7, 11) is 0. The van der Waals surface area contributed by atoms with Crippen LogP contribution in [0.5, 0.6) is 5.75 Å². The number of hydrogen-bond acceptors (Lipinski definition) is 3. The van der Waals surface area contributed by atoms with Crippen LogP contribution in [-0.4, -0.2) is 41.6 Å². The van der Waals surface area contributed by atoms with E-state index in [1.54, 1.807) is 29.2 Å². The van der Waals surface area contributed by atoms with E-state index in [1.807, 2.05) is 0 Å². The molecule has 108 valence electrons. The highest BCUT2D eigenvalue weighted by molar-refractivity contribution is 6.30. The lowest BCUT2D eigenvalue weighted by Gasteiger charge is -2.30. The van der Waals surface area contributed by atoms with E-state index < -0.39 is 11.9 Å². The SMILES string of the molecule is O=C(O)C1CCCN(C(=O)COc2ccc(Cl)cc2)C1. The molecular weight excluding hydrogens is 282 g/mol. The molecule has 0 radical (unpaired) electrons. The maximum absolute atomic E-state index is 12.0. The second-order valence-electron chi connectivity index (χ2n) is 4.76. The van der Waals surface area contributed by atoms with Crippen LogP contribution < -0.4 is 4.74 Å². The smallest absolute Gasteiger partial charge is 0.308 e. The zero-order valence-corrected chi connectivity index (χ0v) is 11.7. The molecule has 0 spiro atoms. The molecule has 1 heterocycles. The standard InChI is InChI=1S/C14H16ClNO4/c15-11-3-5-12(6-4-11)20-9-13(17)16-7-1-2-10(8-16)14(18)19/h3-6,10H,1-2,7-9H2,(H,18,19). The van der Waals surface area contributed by atoms with Crippen molar-refractivity contribution in [1.82, 2.24) is 4.90 Å². The largest absolute Gasteiger partial charge is 0.484 e. The molecule has 1 fully saturated rings. The lowest BCUT2D eigenvalue weighted by molar-refractivity contribution is -0.146. The van der Waals surface area contributed by atoms with E-state index in [2.05, 4.69) is 0 Å². The van der Waals surface area contributed by atoms with Crippen molar-refractivity contribution >= 4 is 23.5 Å². The Kier molecular flexibility index (Phi) is 4.84. The second kappa shape index (κ2) is 6.61. The number of benzene rings is 1. The van der Waals surface area contributed by atoms with Crippen molar-refractivity contribution in [3.8, 4) is 5.75 Å². The molecule has 0 bridgehead atoms. The number of piperidine rings is 1. The third-order valence-electron chi connectivity index (χ3n) is 3.30. The van der Waals surface area contributed by atoms with Crippen molar-refractivity contribution in [2.24, 2.45) is 5.92 Å². The molecule has 1 N–H and O–H groups in total. The first-order chi connectivity index (χ1) is 9.56.